The van der Waals surface area contributed by atoms with Crippen LogP contribution in [0, 0.1) is 6.92 Å². The van der Waals surface area contributed by atoms with E-state index in [0.717, 1.165) is 49.8 Å². The van der Waals surface area contributed by atoms with E-state index in [0.29, 0.717) is 5.71 Å². The van der Waals surface area contributed by atoms with Crippen molar-refractivity contribution in [1.29, 1.82) is 0 Å². The molecule has 0 radical (unpaired) electrons. The maximum absolute atomic E-state index is 6.16. The molecule has 0 spiro atoms. The van der Waals surface area contributed by atoms with Crippen molar-refractivity contribution < 1.29 is 4.42 Å². The summed E-state index contributed by atoms with van der Waals surface area (Å²) in [7, 11) is 0. The number of hydrogen-bond donors (Lipinski definition) is 0. The highest BCUT2D eigenvalue weighted by atomic mass is 16.3. The van der Waals surface area contributed by atoms with Crippen LogP contribution in [0.2, 0.25) is 0 Å². The molecule has 0 N–H and O–H groups in total. The predicted octanol–water partition coefficient (Wildman–Crippen LogP) is 6.57. The van der Waals surface area contributed by atoms with Gasteiger partial charge < -0.3 is 4.42 Å². The molecule has 0 aliphatic heterocycles. The predicted molar refractivity (Wildman–Crippen MR) is 120 cm³/mol. The number of benzene rings is 2. The van der Waals surface area contributed by atoms with Gasteiger partial charge in [-0.1, -0.05) is 24.3 Å². The van der Waals surface area contributed by atoms with Gasteiger partial charge in [0.1, 0.15) is 5.58 Å². The summed E-state index contributed by atoms with van der Waals surface area (Å²) in [5, 5.41) is 4.38. The maximum atomic E-state index is 6.16. The minimum atomic E-state index is 0.664. The maximum Gasteiger partial charge on any atom is 0.227 e. The van der Waals surface area contributed by atoms with E-state index in [1.54, 1.807) is 0 Å². The van der Waals surface area contributed by atoms with Crippen LogP contribution in [0.15, 0.2) is 89.7 Å². The van der Waals surface area contributed by atoms with Gasteiger partial charge in [0, 0.05) is 46.0 Å². The lowest BCUT2D eigenvalue weighted by molar-refractivity contribution is 0.653. The molecule has 30 heavy (non-hydrogen) atoms. The quantitative estimate of drug-likeness (QED) is 0.337. The van der Waals surface area contributed by atoms with E-state index in [4.69, 9.17) is 4.42 Å². The lowest BCUT2D eigenvalue weighted by Crippen LogP contribution is -1.86. The minimum absolute atomic E-state index is 0.664. The zero-order valence-electron chi connectivity index (χ0n) is 16.3. The van der Waals surface area contributed by atoms with Crippen molar-refractivity contribution in [1.82, 2.24) is 15.0 Å². The van der Waals surface area contributed by atoms with Crippen LogP contribution in [-0.2, 0) is 0 Å². The van der Waals surface area contributed by atoms with Crippen molar-refractivity contribution in [2.45, 2.75) is 6.92 Å². The van der Waals surface area contributed by atoms with Crippen LogP contribution in [0.5, 0.6) is 0 Å². The Kier molecular flexibility index (Phi) is 3.65. The Hall–Kier alpha value is -4.05. The van der Waals surface area contributed by atoms with Gasteiger partial charge in [-0.2, -0.15) is 0 Å². The van der Waals surface area contributed by atoms with Crippen LogP contribution in [-0.4, -0.2) is 15.0 Å². The molecule has 0 amide bonds. The van der Waals surface area contributed by atoms with Gasteiger partial charge in [-0.15, -0.1) is 0 Å². The number of nitrogens with zero attached hydrogens (tertiary/aromatic N) is 3. The molecule has 0 atom stereocenters. The fourth-order valence-corrected chi connectivity index (χ4v) is 3.99. The lowest BCUT2D eigenvalue weighted by Gasteiger charge is -2.07. The number of aryl methyl sites for hydroxylation is 1. The van der Waals surface area contributed by atoms with Gasteiger partial charge in [0.25, 0.3) is 0 Å². The van der Waals surface area contributed by atoms with Crippen molar-refractivity contribution in [3.05, 3.63) is 91.0 Å². The summed E-state index contributed by atoms with van der Waals surface area (Å²) in [5.41, 5.74) is 6.53. The fourth-order valence-electron chi connectivity index (χ4n) is 3.99. The van der Waals surface area contributed by atoms with Crippen LogP contribution >= 0.6 is 0 Å². The monoisotopic (exact) mass is 387 g/mol. The number of furan rings is 1. The Balaban J connectivity index is 1.53. The molecule has 0 aliphatic carbocycles. The van der Waals surface area contributed by atoms with Crippen LogP contribution in [0.1, 0.15) is 5.69 Å². The highest BCUT2D eigenvalue weighted by Gasteiger charge is 2.14. The lowest BCUT2D eigenvalue weighted by atomic mass is 10.0. The molecule has 4 aromatic heterocycles. The Morgan fingerprint density at radius 1 is 0.767 bits per heavy atom. The van der Waals surface area contributed by atoms with Gasteiger partial charge in [-0.05, 0) is 65.9 Å². The molecule has 0 saturated carbocycles. The first-order valence-corrected chi connectivity index (χ1v) is 9.86. The second kappa shape index (κ2) is 6.49. The van der Waals surface area contributed by atoms with Crippen LogP contribution in [0.25, 0.3) is 55.2 Å². The third-order valence-corrected chi connectivity index (χ3v) is 5.51. The average Bonchev–Trinajstić information content (AvgIpc) is 3.16. The van der Waals surface area contributed by atoms with Crippen molar-refractivity contribution in [2.24, 2.45) is 0 Å². The first-order chi connectivity index (χ1) is 14.8. The standard InChI is InChI=1S/C26H17N3O/c1-16-5-8-22-21-3-2-4-23(25(21)30-26(22)29-16)24-14-19(10-12-28-24)17-6-7-20-15-27-11-9-18(20)13-17/h2-15H,1H3. The van der Waals surface area contributed by atoms with Crippen LogP contribution in [0.4, 0.5) is 0 Å². The Morgan fingerprint density at radius 2 is 1.70 bits per heavy atom. The summed E-state index contributed by atoms with van der Waals surface area (Å²) in [4.78, 5) is 13.4. The Morgan fingerprint density at radius 3 is 2.67 bits per heavy atom. The van der Waals surface area contributed by atoms with Gasteiger partial charge >= 0.3 is 0 Å². The normalized spacial score (nSPS) is 11.5. The molecule has 0 fully saturated rings. The first kappa shape index (κ1) is 16.9. The van der Waals surface area contributed by atoms with Gasteiger partial charge in [-0.3, -0.25) is 9.97 Å². The van der Waals surface area contributed by atoms with E-state index in [9.17, 15) is 0 Å². The van der Waals surface area contributed by atoms with Gasteiger partial charge in [0.2, 0.25) is 5.71 Å². The number of pyridine rings is 3. The summed E-state index contributed by atoms with van der Waals surface area (Å²) in [6, 6.07) is 22.8. The summed E-state index contributed by atoms with van der Waals surface area (Å²) in [6.45, 7) is 1.97. The Labute approximate surface area is 172 Å². The summed E-state index contributed by atoms with van der Waals surface area (Å²) in [5.74, 6) is 0. The second-order valence-electron chi connectivity index (χ2n) is 7.46. The van der Waals surface area contributed by atoms with Gasteiger partial charge in [-0.25, -0.2) is 4.98 Å². The van der Waals surface area contributed by atoms with Crippen molar-refractivity contribution in [2.75, 3.05) is 0 Å². The van der Waals surface area contributed by atoms with E-state index in [2.05, 4.69) is 57.4 Å². The average molecular weight is 387 g/mol. The van der Waals surface area contributed by atoms with E-state index in [1.807, 2.05) is 49.8 Å². The van der Waals surface area contributed by atoms with E-state index >= 15 is 0 Å². The molecule has 4 nitrogen and oxygen atoms in total. The van der Waals surface area contributed by atoms with Gasteiger partial charge in [0.05, 0.1) is 5.69 Å². The molecule has 0 unspecified atom stereocenters. The van der Waals surface area contributed by atoms with Crippen LogP contribution in [0.3, 0.4) is 0 Å². The number of aromatic nitrogens is 3. The summed E-state index contributed by atoms with van der Waals surface area (Å²) in [6.07, 6.45) is 5.56. The first-order valence-electron chi connectivity index (χ1n) is 9.86. The third-order valence-electron chi connectivity index (χ3n) is 5.51. The second-order valence-corrected chi connectivity index (χ2v) is 7.46. The summed E-state index contributed by atoms with van der Waals surface area (Å²) >= 11 is 0. The highest BCUT2D eigenvalue weighted by molar-refractivity contribution is 6.08. The van der Waals surface area contributed by atoms with Gasteiger partial charge in [0.15, 0.2) is 0 Å². The number of para-hydroxylation sites is 1. The molecule has 4 heteroatoms. The molecule has 0 bridgehead atoms. The van der Waals surface area contributed by atoms with E-state index in [-0.39, 0.29) is 0 Å². The minimum Gasteiger partial charge on any atom is -0.437 e. The molecule has 142 valence electrons. The molecule has 2 aromatic carbocycles. The number of rotatable bonds is 2. The zero-order valence-corrected chi connectivity index (χ0v) is 16.3. The molecule has 6 rings (SSSR count). The number of hydrogen-bond acceptors (Lipinski definition) is 4. The SMILES string of the molecule is Cc1ccc2c(n1)oc1c(-c3cc(-c4ccc5cnccc5c4)ccn3)cccc12. The fraction of sp³-hybridized carbons (Fsp3) is 0.0385. The topological polar surface area (TPSA) is 51.8 Å². The zero-order chi connectivity index (χ0) is 20.1. The van der Waals surface area contributed by atoms with E-state index in [1.165, 1.54) is 5.39 Å². The largest absolute Gasteiger partial charge is 0.437 e. The smallest absolute Gasteiger partial charge is 0.227 e. The van der Waals surface area contributed by atoms with Crippen molar-refractivity contribution in [3.63, 3.8) is 0 Å². The summed E-state index contributed by atoms with van der Waals surface area (Å²) < 4.78 is 6.16. The van der Waals surface area contributed by atoms with E-state index < -0.39 is 0 Å². The third kappa shape index (κ3) is 2.65. The van der Waals surface area contributed by atoms with Crippen molar-refractivity contribution >= 4 is 32.8 Å². The molecular formula is C26H17N3O. The van der Waals surface area contributed by atoms with Crippen molar-refractivity contribution in [3.8, 4) is 22.4 Å². The van der Waals surface area contributed by atoms with Crippen LogP contribution < -0.4 is 0 Å². The molecule has 4 heterocycles. The molecule has 0 saturated heterocycles. The molecule has 6 aromatic rings. The molecular weight excluding hydrogens is 370 g/mol. The highest BCUT2D eigenvalue weighted by Crippen LogP contribution is 2.35. The molecule has 0 aliphatic rings. The Bertz CT molecular complexity index is 1570. The number of fused-ring (bicyclic) bond motifs is 4.